The lowest BCUT2D eigenvalue weighted by Gasteiger charge is -2.24. The number of hydrogen-bond donors (Lipinski definition) is 2. The quantitative estimate of drug-likeness (QED) is 0.717. The molecular weight excluding hydrogens is 274 g/mol. The maximum absolute atomic E-state index is 11.7. The summed E-state index contributed by atoms with van der Waals surface area (Å²) in [6.07, 6.45) is -0.333. The van der Waals surface area contributed by atoms with Crippen LogP contribution in [-0.2, 0) is 19.2 Å². The Labute approximate surface area is 114 Å². The fourth-order valence-corrected chi connectivity index (χ4v) is 2.92. The minimum absolute atomic E-state index is 0.112. The Kier molecular flexibility index (Phi) is 5.34. The topological polar surface area (TPSA) is 112 Å². The predicted molar refractivity (Wildman–Crippen MR) is 66.7 cm³/mol. The van der Waals surface area contributed by atoms with Crippen molar-refractivity contribution in [3.8, 4) is 0 Å². The van der Waals surface area contributed by atoms with Gasteiger partial charge < -0.3 is 15.1 Å². The Morgan fingerprint density at radius 1 is 1.42 bits per heavy atom. The van der Waals surface area contributed by atoms with E-state index in [1.807, 2.05) is 0 Å². The van der Waals surface area contributed by atoms with Crippen molar-refractivity contribution in [1.29, 1.82) is 0 Å². The van der Waals surface area contributed by atoms with Crippen molar-refractivity contribution in [3.63, 3.8) is 0 Å². The highest BCUT2D eigenvalue weighted by Crippen LogP contribution is 2.26. The Morgan fingerprint density at radius 2 is 2.05 bits per heavy atom. The summed E-state index contributed by atoms with van der Waals surface area (Å²) in [5, 5.41) is 17.3. The molecule has 0 aromatic rings. The van der Waals surface area contributed by atoms with E-state index in [9.17, 15) is 19.2 Å². The van der Waals surface area contributed by atoms with E-state index in [4.69, 9.17) is 10.2 Å². The molecule has 1 rings (SSSR count). The number of carboxylic acids is 2. The molecule has 7 nitrogen and oxygen atoms in total. The number of carbonyl (C=O) groups is 4. The number of likely N-dealkylation sites (tertiary alicyclic amines) is 1. The van der Waals surface area contributed by atoms with E-state index >= 15 is 0 Å². The third-order valence-corrected chi connectivity index (χ3v) is 3.73. The summed E-state index contributed by atoms with van der Waals surface area (Å²) >= 11 is 1.01. The van der Waals surface area contributed by atoms with Crippen molar-refractivity contribution >= 4 is 34.7 Å². The summed E-state index contributed by atoms with van der Waals surface area (Å²) in [6.45, 7) is 1.55. The van der Waals surface area contributed by atoms with Crippen LogP contribution in [0.1, 0.15) is 26.2 Å². The van der Waals surface area contributed by atoms with Crippen LogP contribution in [0, 0.1) is 0 Å². The highest BCUT2D eigenvalue weighted by atomic mass is 32.2. The van der Waals surface area contributed by atoms with Gasteiger partial charge in [0.1, 0.15) is 6.04 Å². The Hall–Kier alpha value is -1.57. The Morgan fingerprint density at radius 3 is 2.53 bits per heavy atom. The highest BCUT2D eigenvalue weighted by molar-refractivity contribution is 8.14. The maximum Gasteiger partial charge on any atom is 0.326 e. The van der Waals surface area contributed by atoms with Crippen molar-refractivity contribution in [3.05, 3.63) is 0 Å². The van der Waals surface area contributed by atoms with Crippen LogP contribution >= 0.6 is 11.8 Å². The van der Waals surface area contributed by atoms with Gasteiger partial charge in [-0.25, -0.2) is 4.79 Å². The Bertz CT molecular complexity index is 410. The van der Waals surface area contributed by atoms with E-state index in [1.54, 1.807) is 0 Å². The van der Waals surface area contributed by atoms with Gasteiger partial charge >= 0.3 is 11.9 Å². The molecule has 1 saturated heterocycles. The summed E-state index contributed by atoms with van der Waals surface area (Å²) < 4.78 is 0. The molecule has 0 spiro atoms. The van der Waals surface area contributed by atoms with Crippen LogP contribution in [0.5, 0.6) is 0 Å². The van der Waals surface area contributed by atoms with E-state index in [0.717, 1.165) is 16.7 Å². The van der Waals surface area contributed by atoms with Gasteiger partial charge in [0.05, 0.1) is 0 Å². The van der Waals surface area contributed by atoms with Crippen LogP contribution < -0.4 is 0 Å². The average molecular weight is 289 g/mol. The molecule has 8 heteroatoms. The molecule has 19 heavy (non-hydrogen) atoms. The monoisotopic (exact) mass is 289 g/mol. The summed E-state index contributed by atoms with van der Waals surface area (Å²) in [7, 11) is 0. The molecule has 2 N–H and O–H groups in total. The molecule has 0 saturated carbocycles. The van der Waals surface area contributed by atoms with Crippen molar-refractivity contribution in [2.45, 2.75) is 37.5 Å². The number of aliphatic carboxylic acids is 2. The van der Waals surface area contributed by atoms with Gasteiger partial charge in [-0.2, -0.15) is 0 Å². The Balaban J connectivity index is 2.69. The van der Waals surface area contributed by atoms with Crippen LogP contribution in [0.4, 0.5) is 0 Å². The fraction of sp³-hybridized carbons (Fsp3) is 0.636. The first kappa shape index (κ1) is 15.5. The van der Waals surface area contributed by atoms with Gasteiger partial charge in [-0.1, -0.05) is 11.8 Å². The first-order valence-electron chi connectivity index (χ1n) is 5.72. The third kappa shape index (κ3) is 4.55. The lowest BCUT2D eigenvalue weighted by molar-refractivity contribution is -0.149. The van der Waals surface area contributed by atoms with Crippen molar-refractivity contribution in [2.24, 2.45) is 0 Å². The second-order valence-electron chi connectivity index (χ2n) is 4.27. The molecule has 106 valence electrons. The number of thioether (sulfide) groups is 1. The second-order valence-corrected chi connectivity index (χ2v) is 5.75. The largest absolute Gasteiger partial charge is 0.481 e. The van der Waals surface area contributed by atoms with E-state index < -0.39 is 18.0 Å². The zero-order valence-corrected chi connectivity index (χ0v) is 11.2. The van der Waals surface area contributed by atoms with Gasteiger partial charge in [-0.05, 0) is 6.42 Å². The first-order valence-corrected chi connectivity index (χ1v) is 6.60. The summed E-state index contributed by atoms with van der Waals surface area (Å²) in [6, 6.07) is -1.14. The third-order valence-electron chi connectivity index (χ3n) is 2.75. The summed E-state index contributed by atoms with van der Waals surface area (Å²) in [5.41, 5.74) is 0. The molecule has 0 radical (unpaired) electrons. The number of carboxylic acid groups (broad SMARTS) is 2. The van der Waals surface area contributed by atoms with Gasteiger partial charge in [-0.15, -0.1) is 0 Å². The van der Waals surface area contributed by atoms with Crippen LogP contribution in [0.3, 0.4) is 0 Å². The van der Waals surface area contributed by atoms with Gasteiger partial charge in [0.15, 0.2) is 5.12 Å². The van der Waals surface area contributed by atoms with Gasteiger partial charge in [-0.3, -0.25) is 14.4 Å². The first-order chi connectivity index (χ1) is 8.81. The zero-order valence-electron chi connectivity index (χ0n) is 10.4. The molecule has 0 aromatic heterocycles. The molecule has 1 heterocycles. The van der Waals surface area contributed by atoms with E-state index in [1.165, 1.54) is 6.92 Å². The number of nitrogens with zero attached hydrogens (tertiary/aromatic N) is 1. The van der Waals surface area contributed by atoms with Crippen molar-refractivity contribution in [1.82, 2.24) is 4.90 Å². The normalized spacial score (nSPS) is 20.4. The number of hydrogen-bond acceptors (Lipinski definition) is 5. The molecule has 0 aromatic carbocycles. The zero-order chi connectivity index (χ0) is 14.6. The lowest BCUT2D eigenvalue weighted by atomic mass is 10.1. The van der Waals surface area contributed by atoms with Crippen LogP contribution in [0.25, 0.3) is 0 Å². The summed E-state index contributed by atoms with van der Waals surface area (Å²) in [5.74, 6) is -2.67. The number of carbonyl (C=O) groups excluding carboxylic acids is 2. The predicted octanol–water partition coefficient (Wildman–Crippen LogP) is 0.185. The molecule has 1 unspecified atom stereocenters. The van der Waals surface area contributed by atoms with Crippen LogP contribution in [0.15, 0.2) is 0 Å². The lowest BCUT2D eigenvalue weighted by Crippen LogP contribution is -2.42. The van der Waals surface area contributed by atoms with E-state index in [-0.39, 0.29) is 42.1 Å². The van der Waals surface area contributed by atoms with Gasteiger partial charge in [0.2, 0.25) is 5.91 Å². The van der Waals surface area contributed by atoms with Crippen LogP contribution in [0.2, 0.25) is 0 Å². The molecule has 2 atom stereocenters. The number of rotatable bonds is 6. The van der Waals surface area contributed by atoms with E-state index in [0.29, 0.717) is 0 Å². The molecule has 0 aliphatic carbocycles. The number of amides is 1. The molecule has 1 aliphatic heterocycles. The van der Waals surface area contributed by atoms with Crippen molar-refractivity contribution < 1.29 is 29.4 Å². The average Bonchev–Trinajstić information content (AvgIpc) is 2.58. The van der Waals surface area contributed by atoms with Crippen LogP contribution in [-0.4, -0.2) is 55.9 Å². The minimum Gasteiger partial charge on any atom is -0.481 e. The SMILES string of the molecule is CC(=O)SC1CC(=O)N([C@@H](CCC(=O)O)C(=O)O)C1. The summed E-state index contributed by atoms with van der Waals surface area (Å²) in [4.78, 5) is 45.5. The van der Waals surface area contributed by atoms with Crippen molar-refractivity contribution in [2.75, 3.05) is 6.54 Å². The second kappa shape index (κ2) is 6.55. The smallest absolute Gasteiger partial charge is 0.326 e. The highest BCUT2D eigenvalue weighted by Gasteiger charge is 2.38. The molecule has 1 amide bonds. The van der Waals surface area contributed by atoms with Gasteiger partial charge in [0, 0.05) is 31.6 Å². The minimum atomic E-state index is -1.22. The maximum atomic E-state index is 11.7. The standard InChI is InChI=1S/C11H15NO6S/c1-6(13)19-7-4-9(14)12(5-7)8(11(17)18)2-3-10(15)16/h7-8H,2-5H2,1H3,(H,15,16)(H,17,18)/t7?,8-/m0/s1. The fourth-order valence-electron chi connectivity index (χ4n) is 1.99. The van der Waals surface area contributed by atoms with E-state index in [2.05, 4.69) is 0 Å². The molecular formula is C11H15NO6S. The van der Waals surface area contributed by atoms with Gasteiger partial charge in [0.25, 0.3) is 0 Å². The molecule has 1 aliphatic rings. The molecule has 0 bridgehead atoms. The molecule has 1 fully saturated rings.